The molecule has 0 saturated carbocycles. The van der Waals surface area contributed by atoms with Crippen LogP contribution in [0.1, 0.15) is 60.4 Å². The topological polar surface area (TPSA) is 84.3 Å². The fourth-order valence-corrected chi connectivity index (χ4v) is 4.60. The number of hydrogen-bond donors (Lipinski definition) is 1. The van der Waals surface area contributed by atoms with Gasteiger partial charge in [0.1, 0.15) is 18.5 Å². The number of H-pyrrole nitrogens is 1. The first-order chi connectivity index (χ1) is 14.7. The van der Waals surface area contributed by atoms with Gasteiger partial charge >= 0.3 is 0 Å². The van der Waals surface area contributed by atoms with Crippen molar-refractivity contribution < 1.29 is 19.0 Å². The van der Waals surface area contributed by atoms with Gasteiger partial charge in [0.25, 0.3) is 0 Å². The van der Waals surface area contributed by atoms with E-state index in [2.05, 4.69) is 24.9 Å². The Morgan fingerprint density at radius 2 is 2.00 bits per heavy atom. The quantitative estimate of drug-likeness (QED) is 0.682. The number of aromatic nitrogens is 1. The molecule has 1 N–H and O–H groups in total. The third kappa shape index (κ3) is 3.13. The van der Waals surface area contributed by atoms with Crippen LogP contribution in [0.2, 0.25) is 0 Å². The normalized spacial score (nSPS) is 20.9. The lowest BCUT2D eigenvalue weighted by molar-refractivity contribution is -0.141. The molecule has 1 fully saturated rings. The molecule has 0 amide bonds. The number of carbonyl (C=O) groups is 1. The lowest BCUT2D eigenvalue weighted by atomic mass is 9.71. The third-order valence-corrected chi connectivity index (χ3v) is 6.19. The van der Waals surface area contributed by atoms with Gasteiger partial charge in [0.15, 0.2) is 11.6 Å². The number of carbonyl (C=O) groups excluding carboxylic acids is 1. The van der Waals surface area contributed by atoms with Gasteiger partial charge in [-0.25, -0.2) is 0 Å². The van der Waals surface area contributed by atoms with E-state index in [0.29, 0.717) is 35.7 Å². The summed E-state index contributed by atoms with van der Waals surface area (Å²) in [6.07, 6.45) is -0.129. The molecule has 1 aromatic heterocycles. The van der Waals surface area contributed by atoms with Crippen molar-refractivity contribution in [2.45, 2.75) is 45.0 Å². The molecule has 5 rings (SSSR count). The lowest BCUT2D eigenvalue weighted by Crippen LogP contribution is -2.30. The van der Waals surface area contributed by atoms with Gasteiger partial charge in [-0.2, -0.15) is 5.26 Å². The minimum atomic E-state index is -0.588. The van der Waals surface area contributed by atoms with Crippen molar-refractivity contribution in [3.63, 3.8) is 0 Å². The Morgan fingerprint density at radius 1 is 1.19 bits per heavy atom. The number of ketones is 1. The number of aromatic amines is 1. The minimum Gasteiger partial charge on any atom is -0.491 e. The number of nitrogens with one attached hydrogen (secondary N) is 1. The summed E-state index contributed by atoms with van der Waals surface area (Å²) in [7, 11) is 0. The number of fused-ring (bicyclic) bond motifs is 4. The summed E-state index contributed by atoms with van der Waals surface area (Å²) in [5.41, 5.74) is 4.07. The summed E-state index contributed by atoms with van der Waals surface area (Å²) in [4.78, 5) is 16.8. The molecular weight excluding hydrogens is 392 g/mol. The molecule has 0 spiro atoms. The van der Waals surface area contributed by atoms with Crippen molar-refractivity contribution in [1.82, 2.24) is 4.98 Å². The van der Waals surface area contributed by atoms with Gasteiger partial charge in [0, 0.05) is 27.6 Å². The van der Waals surface area contributed by atoms with Gasteiger partial charge in [-0.3, -0.25) is 4.79 Å². The maximum Gasteiger partial charge on any atom is 0.195 e. The zero-order valence-electron chi connectivity index (χ0n) is 18.0. The SMILES string of the molecule is CC1(C)OCC(COc2ccc3c(c2)C(C)(C)c2[nH]c4cc(C#N)ccc4c2C3=O)O1. The van der Waals surface area contributed by atoms with Gasteiger partial charge in [-0.15, -0.1) is 0 Å². The van der Waals surface area contributed by atoms with Crippen LogP contribution in [0.15, 0.2) is 36.4 Å². The monoisotopic (exact) mass is 416 g/mol. The van der Waals surface area contributed by atoms with Crippen molar-refractivity contribution >= 4 is 16.7 Å². The number of ether oxygens (including phenoxy) is 3. The van der Waals surface area contributed by atoms with Crippen molar-refractivity contribution in [3.05, 3.63) is 64.3 Å². The molecule has 1 atom stereocenters. The first-order valence-electron chi connectivity index (χ1n) is 10.4. The number of rotatable bonds is 3. The molecular formula is C25H24N2O4. The maximum absolute atomic E-state index is 13.4. The second-order valence-corrected chi connectivity index (χ2v) is 9.17. The molecule has 2 heterocycles. The molecule has 2 aromatic carbocycles. The average molecular weight is 416 g/mol. The van der Waals surface area contributed by atoms with E-state index in [1.54, 1.807) is 12.1 Å². The largest absolute Gasteiger partial charge is 0.491 e. The van der Waals surface area contributed by atoms with Gasteiger partial charge in [-0.05, 0) is 49.7 Å². The summed E-state index contributed by atoms with van der Waals surface area (Å²) in [5.74, 6) is 0.0933. The highest BCUT2D eigenvalue weighted by atomic mass is 16.7. The molecule has 158 valence electrons. The Kier molecular flexibility index (Phi) is 4.27. The Hall–Kier alpha value is -3.14. The number of hydrogen-bond acceptors (Lipinski definition) is 5. The van der Waals surface area contributed by atoms with Gasteiger partial charge in [0.2, 0.25) is 0 Å². The average Bonchev–Trinajstić information content (AvgIpc) is 3.30. The van der Waals surface area contributed by atoms with E-state index in [4.69, 9.17) is 14.2 Å². The molecule has 1 aliphatic carbocycles. The highest BCUT2D eigenvalue weighted by Crippen LogP contribution is 2.44. The summed E-state index contributed by atoms with van der Waals surface area (Å²) in [6.45, 7) is 8.83. The van der Waals surface area contributed by atoms with E-state index in [1.807, 2.05) is 38.1 Å². The smallest absolute Gasteiger partial charge is 0.195 e. The predicted octanol–water partition coefficient (Wildman–Crippen LogP) is 4.44. The number of benzene rings is 2. The molecule has 6 nitrogen and oxygen atoms in total. The first-order valence-corrected chi connectivity index (χ1v) is 10.4. The van der Waals surface area contributed by atoms with E-state index in [-0.39, 0.29) is 11.9 Å². The van der Waals surface area contributed by atoms with Crippen LogP contribution in [0, 0.1) is 11.3 Å². The fraction of sp³-hybridized carbons (Fsp3) is 0.360. The number of nitriles is 1. The maximum atomic E-state index is 13.4. The summed E-state index contributed by atoms with van der Waals surface area (Å²) in [5, 5.41) is 10.1. The van der Waals surface area contributed by atoms with Crippen molar-refractivity contribution in [3.8, 4) is 11.8 Å². The number of nitrogens with zero attached hydrogens (tertiary/aromatic N) is 1. The van der Waals surface area contributed by atoms with Crippen LogP contribution in [0.5, 0.6) is 5.75 Å². The molecule has 2 aliphatic rings. The summed E-state index contributed by atoms with van der Waals surface area (Å²) < 4.78 is 17.4. The van der Waals surface area contributed by atoms with Gasteiger partial charge in [0.05, 0.1) is 23.8 Å². The van der Waals surface area contributed by atoms with Crippen LogP contribution in [-0.2, 0) is 14.9 Å². The molecule has 0 bridgehead atoms. The molecule has 0 radical (unpaired) electrons. The molecule has 6 heteroatoms. The van der Waals surface area contributed by atoms with Gasteiger partial charge in [-0.1, -0.05) is 19.9 Å². The van der Waals surface area contributed by atoms with E-state index in [9.17, 15) is 10.1 Å². The van der Waals surface area contributed by atoms with E-state index >= 15 is 0 Å². The third-order valence-electron chi connectivity index (χ3n) is 6.19. The predicted molar refractivity (Wildman–Crippen MR) is 115 cm³/mol. The molecule has 1 aliphatic heterocycles. The van der Waals surface area contributed by atoms with E-state index in [1.165, 1.54) is 0 Å². The zero-order chi connectivity index (χ0) is 22.0. The minimum absolute atomic E-state index is 0.0129. The van der Waals surface area contributed by atoms with Crippen LogP contribution in [0.25, 0.3) is 10.9 Å². The van der Waals surface area contributed by atoms with Crippen LogP contribution in [0.3, 0.4) is 0 Å². The van der Waals surface area contributed by atoms with E-state index < -0.39 is 11.2 Å². The first kappa shape index (κ1) is 19.8. The van der Waals surface area contributed by atoms with Crippen LogP contribution in [-0.4, -0.2) is 35.9 Å². The highest BCUT2D eigenvalue weighted by molar-refractivity contribution is 6.20. The fourth-order valence-electron chi connectivity index (χ4n) is 4.60. The standard InChI is InChI=1S/C25H24N2O4/c1-24(2)19-10-15(29-12-16-13-30-25(3,4)31-16)6-8-17(19)22(28)21-18-7-5-14(11-26)9-20(18)27-23(21)24/h5-10,16,27H,12-13H2,1-4H3. The van der Waals surface area contributed by atoms with Crippen molar-refractivity contribution in [1.29, 1.82) is 5.26 Å². The Bertz CT molecular complexity index is 1260. The van der Waals surface area contributed by atoms with E-state index in [0.717, 1.165) is 22.2 Å². The molecule has 31 heavy (non-hydrogen) atoms. The highest BCUT2D eigenvalue weighted by Gasteiger charge is 2.40. The molecule has 1 saturated heterocycles. The second kappa shape index (κ2) is 6.68. The van der Waals surface area contributed by atoms with Crippen molar-refractivity contribution in [2.75, 3.05) is 13.2 Å². The van der Waals surface area contributed by atoms with Crippen LogP contribution >= 0.6 is 0 Å². The Morgan fingerprint density at radius 3 is 2.71 bits per heavy atom. The molecule has 3 aromatic rings. The summed E-state index contributed by atoms with van der Waals surface area (Å²) >= 11 is 0. The van der Waals surface area contributed by atoms with Crippen LogP contribution < -0.4 is 4.74 Å². The summed E-state index contributed by atoms with van der Waals surface area (Å²) in [6, 6.07) is 13.2. The molecule has 1 unspecified atom stereocenters. The second-order valence-electron chi connectivity index (χ2n) is 9.17. The zero-order valence-corrected chi connectivity index (χ0v) is 18.0. The Labute approximate surface area is 180 Å². The van der Waals surface area contributed by atoms with Crippen LogP contribution in [0.4, 0.5) is 0 Å². The van der Waals surface area contributed by atoms with Crippen molar-refractivity contribution in [2.24, 2.45) is 0 Å². The Balaban J connectivity index is 1.50. The lowest BCUT2D eigenvalue weighted by Gasteiger charge is -2.32. The van der Waals surface area contributed by atoms with Gasteiger partial charge < -0.3 is 19.2 Å².